The van der Waals surface area contributed by atoms with Gasteiger partial charge in [0.1, 0.15) is 5.82 Å². The molecule has 1 atom stereocenters. The molecule has 0 radical (unpaired) electrons. The molecule has 146 valence electrons. The third kappa shape index (κ3) is 4.81. The lowest BCUT2D eigenvalue weighted by Crippen LogP contribution is -2.30. The van der Waals surface area contributed by atoms with Crippen LogP contribution in [0.25, 0.3) is 0 Å². The van der Waals surface area contributed by atoms with Gasteiger partial charge in [-0.15, -0.1) is 11.3 Å². The van der Waals surface area contributed by atoms with Crippen molar-refractivity contribution in [1.29, 1.82) is 0 Å². The van der Waals surface area contributed by atoms with E-state index in [-0.39, 0.29) is 11.9 Å². The quantitative estimate of drug-likeness (QED) is 0.758. The molecule has 1 fully saturated rings. The van der Waals surface area contributed by atoms with Crippen molar-refractivity contribution in [1.82, 2.24) is 24.8 Å². The fraction of sp³-hybridized carbons (Fsp3) is 0.579. The highest BCUT2D eigenvalue weighted by atomic mass is 32.1. The van der Waals surface area contributed by atoms with Crippen LogP contribution in [0.3, 0.4) is 0 Å². The molecule has 27 heavy (non-hydrogen) atoms. The average Bonchev–Trinajstić information content (AvgIpc) is 3.23. The van der Waals surface area contributed by atoms with Gasteiger partial charge >= 0.3 is 0 Å². The van der Waals surface area contributed by atoms with Crippen LogP contribution in [0.2, 0.25) is 0 Å². The fourth-order valence-electron chi connectivity index (χ4n) is 3.45. The minimum atomic E-state index is -0.0180. The summed E-state index contributed by atoms with van der Waals surface area (Å²) in [7, 11) is 6.05. The lowest BCUT2D eigenvalue weighted by atomic mass is 10.2. The molecule has 2 aromatic rings. The number of amides is 1. The van der Waals surface area contributed by atoms with E-state index in [1.807, 2.05) is 43.1 Å². The Labute approximate surface area is 165 Å². The van der Waals surface area contributed by atoms with Gasteiger partial charge in [0.25, 0.3) is 0 Å². The molecule has 7 nitrogen and oxygen atoms in total. The number of carbonyl (C=O) groups excluding carboxylic acids is 1. The van der Waals surface area contributed by atoms with E-state index < -0.39 is 0 Å². The Balaban J connectivity index is 1.82. The van der Waals surface area contributed by atoms with E-state index in [4.69, 9.17) is 9.97 Å². The first-order chi connectivity index (χ1) is 12.8. The van der Waals surface area contributed by atoms with Crippen molar-refractivity contribution >= 4 is 23.1 Å². The second-order valence-electron chi connectivity index (χ2n) is 7.36. The molecule has 1 amide bonds. The van der Waals surface area contributed by atoms with Crippen molar-refractivity contribution in [2.75, 3.05) is 32.6 Å². The van der Waals surface area contributed by atoms with Crippen LogP contribution in [0.4, 0.5) is 5.82 Å². The van der Waals surface area contributed by atoms with Crippen molar-refractivity contribution in [2.24, 2.45) is 0 Å². The second-order valence-corrected chi connectivity index (χ2v) is 8.68. The molecule has 1 saturated heterocycles. The van der Waals surface area contributed by atoms with Crippen molar-refractivity contribution < 1.29 is 4.79 Å². The van der Waals surface area contributed by atoms with Gasteiger partial charge < -0.3 is 9.80 Å². The van der Waals surface area contributed by atoms with Gasteiger partial charge in [-0.25, -0.2) is 15.0 Å². The summed E-state index contributed by atoms with van der Waals surface area (Å²) in [5.41, 5.74) is 0.975. The first-order valence-electron chi connectivity index (χ1n) is 9.25. The lowest BCUT2D eigenvalue weighted by Gasteiger charge is -2.24. The number of aryl methyl sites for hydroxylation is 1. The molecule has 0 saturated carbocycles. The number of anilines is 1. The Morgan fingerprint density at radius 1 is 1.30 bits per heavy atom. The van der Waals surface area contributed by atoms with E-state index in [1.54, 1.807) is 18.3 Å². The van der Waals surface area contributed by atoms with Crippen LogP contribution in [0.5, 0.6) is 0 Å². The SMILES string of the molecule is CC(=O)N1CCC[C@H]1c1nc(CN(C)Cc2cnc(C)s2)cc(N(C)C)n1. The average molecular weight is 389 g/mol. The molecule has 0 spiro atoms. The largest absolute Gasteiger partial charge is 0.363 e. The predicted octanol–water partition coefficient (Wildman–Crippen LogP) is 2.62. The number of carbonyl (C=O) groups is 1. The normalized spacial score (nSPS) is 17.0. The van der Waals surface area contributed by atoms with Gasteiger partial charge in [-0.1, -0.05) is 0 Å². The van der Waals surface area contributed by atoms with Gasteiger partial charge in [0.15, 0.2) is 5.82 Å². The molecule has 1 aliphatic rings. The summed E-state index contributed by atoms with van der Waals surface area (Å²) in [5.74, 6) is 1.73. The smallest absolute Gasteiger partial charge is 0.220 e. The minimum absolute atomic E-state index is 0.0180. The summed E-state index contributed by atoms with van der Waals surface area (Å²) in [4.78, 5) is 33.2. The number of hydrogen-bond acceptors (Lipinski definition) is 7. The van der Waals surface area contributed by atoms with Crippen LogP contribution in [-0.2, 0) is 17.9 Å². The number of aromatic nitrogens is 3. The Hall–Kier alpha value is -2.06. The molecular weight excluding hydrogens is 360 g/mol. The summed E-state index contributed by atoms with van der Waals surface area (Å²) in [6, 6.07) is 2.01. The Morgan fingerprint density at radius 2 is 2.07 bits per heavy atom. The van der Waals surface area contributed by atoms with E-state index in [9.17, 15) is 4.79 Å². The van der Waals surface area contributed by atoms with Gasteiger partial charge in [0, 0.05) is 57.8 Å². The summed E-state index contributed by atoms with van der Waals surface area (Å²) in [5, 5.41) is 1.09. The summed E-state index contributed by atoms with van der Waals surface area (Å²) < 4.78 is 0. The van der Waals surface area contributed by atoms with E-state index in [2.05, 4.69) is 16.9 Å². The Bertz CT molecular complexity index is 805. The topological polar surface area (TPSA) is 65.5 Å². The molecule has 0 unspecified atom stereocenters. The lowest BCUT2D eigenvalue weighted by molar-refractivity contribution is -0.129. The molecule has 3 rings (SSSR count). The van der Waals surface area contributed by atoms with Crippen LogP contribution >= 0.6 is 11.3 Å². The number of likely N-dealkylation sites (tertiary alicyclic amines) is 1. The zero-order valence-corrected chi connectivity index (χ0v) is 17.6. The predicted molar refractivity (Wildman–Crippen MR) is 108 cm³/mol. The van der Waals surface area contributed by atoms with Gasteiger partial charge in [-0.3, -0.25) is 9.69 Å². The summed E-state index contributed by atoms with van der Waals surface area (Å²) in [6.45, 7) is 6.00. The zero-order chi connectivity index (χ0) is 19.6. The van der Waals surface area contributed by atoms with Crippen LogP contribution in [0.1, 0.15) is 47.2 Å². The van der Waals surface area contributed by atoms with Crippen molar-refractivity contribution in [3.63, 3.8) is 0 Å². The maximum absolute atomic E-state index is 12.0. The maximum Gasteiger partial charge on any atom is 0.220 e. The standard InChI is InChI=1S/C19H28N6OS/c1-13-20-10-16(27-13)12-24(5)11-15-9-18(23(3)4)22-19(21-15)17-7-6-8-25(17)14(2)26/h9-10,17H,6-8,11-12H2,1-5H3/t17-/m0/s1. The van der Waals surface area contributed by atoms with E-state index in [1.165, 1.54) is 4.88 Å². The number of rotatable bonds is 6. The molecule has 0 aliphatic carbocycles. The molecule has 8 heteroatoms. The van der Waals surface area contributed by atoms with Crippen LogP contribution in [0, 0.1) is 6.92 Å². The summed E-state index contributed by atoms with van der Waals surface area (Å²) >= 11 is 1.72. The van der Waals surface area contributed by atoms with Gasteiger partial charge in [-0.2, -0.15) is 0 Å². The maximum atomic E-state index is 12.0. The van der Waals surface area contributed by atoms with Gasteiger partial charge in [-0.05, 0) is 26.8 Å². The van der Waals surface area contributed by atoms with Crippen molar-refractivity contribution in [2.45, 2.75) is 45.8 Å². The first-order valence-corrected chi connectivity index (χ1v) is 10.1. The molecular formula is C19H28N6OS. The van der Waals surface area contributed by atoms with E-state index in [0.29, 0.717) is 0 Å². The minimum Gasteiger partial charge on any atom is -0.363 e. The monoisotopic (exact) mass is 388 g/mol. The molecule has 0 bridgehead atoms. The molecule has 1 aliphatic heterocycles. The summed E-state index contributed by atoms with van der Waals surface area (Å²) in [6.07, 6.45) is 3.86. The van der Waals surface area contributed by atoms with Crippen LogP contribution in [0.15, 0.2) is 12.3 Å². The van der Waals surface area contributed by atoms with E-state index in [0.717, 1.165) is 54.8 Å². The highest BCUT2D eigenvalue weighted by molar-refractivity contribution is 7.11. The van der Waals surface area contributed by atoms with Gasteiger partial charge in [0.05, 0.1) is 16.7 Å². The highest BCUT2D eigenvalue weighted by Gasteiger charge is 2.30. The van der Waals surface area contributed by atoms with Crippen LogP contribution in [-0.4, -0.2) is 58.3 Å². The fourth-order valence-corrected chi connectivity index (χ4v) is 4.33. The second kappa shape index (κ2) is 8.31. The Kier molecular flexibility index (Phi) is 6.06. The third-order valence-corrected chi connectivity index (χ3v) is 5.62. The first kappa shape index (κ1) is 19.7. The molecule has 3 heterocycles. The van der Waals surface area contributed by atoms with Gasteiger partial charge in [0.2, 0.25) is 5.91 Å². The van der Waals surface area contributed by atoms with Crippen molar-refractivity contribution in [3.05, 3.63) is 33.7 Å². The third-order valence-electron chi connectivity index (χ3n) is 4.72. The van der Waals surface area contributed by atoms with E-state index >= 15 is 0 Å². The molecule has 0 N–H and O–H groups in total. The Morgan fingerprint density at radius 3 is 2.70 bits per heavy atom. The number of hydrogen-bond donors (Lipinski definition) is 0. The zero-order valence-electron chi connectivity index (χ0n) is 16.8. The number of thiazole rings is 1. The van der Waals surface area contributed by atoms with Crippen LogP contribution < -0.4 is 4.90 Å². The molecule has 2 aromatic heterocycles. The van der Waals surface area contributed by atoms with Crippen molar-refractivity contribution in [3.8, 4) is 0 Å². The highest BCUT2D eigenvalue weighted by Crippen LogP contribution is 2.31. The number of nitrogens with zero attached hydrogens (tertiary/aromatic N) is 6. The molecule has 0 aromatic carbocycles.